The van der Waals surface area contributed by atoms with E-state index >= 15 is 0 Å². The van der Waals surface area contributed by atoms with E-state index in [0.29, 0.717) is 13.0 Å². The Labute approximate surface area is 205 Å². The Morgan fingerprint density at radius 3 is 2.37 bits per heavy atom. The Morgan fingerprint density at radius 2 is 1.83 bits per heavy atom. The van der Waals surface area contributed by atoms with Gasteiger partial charge in [0.2, 0.25) is 11.7 Å². The maximum absolute atomic E-state index is 13.0. The molecule has 1 saturated heterocycles. The molecule has 10 nitrogen and oxygen atoms in total. The highest BCUT2D eigenvalue weighted by Gasteiger charge is 2.36. The number of carbonyl (C=O) groups excluding carboxylic acids is 5. The molecule has 1 aromatic rings. The molecule has 10 heteroatoms. The summed E-state index contributed by atoms with van der Waals surface area (Å²) in [7, 11) is 0. The van der Waals surface area contributed by atoms with Crippen LogP contribution in [0.5, 0.6) is 0 Å². The second-order valence-corrected chi connectivity index (χ2v) is 10.1. The summed E-state index contributed by atoms with van der Waals surface area (Å²) in [4.78, 5) is 60.3. The average Bonchev–Trinajstić information content (AvgIpc) is 3.16. The van der Waals surface area contributed by atoms with Crippen molar-refractivity contribution in [2.75, 3.05) is 6.54 Å². The minimum Gasteiger partial charge on any atom is -0.436 e. The largest absolute Gasteiger partial charge is 0.436 e. The fourth-order valence-corrected chi connectivity index (χ4v) is 4.78. The van der Waals surface area contributed by atoms with Crippen LogP contribution in [0.25, 0.3) is 0 Å². The van der Waals surface area contributed by atoms with Crippen LogP contribution in [0.4, 0.5) is 4.79 Å². The quantitative estimate of drug-likeness (QED) is 0.304. The number of ketones is 1. The highest BCUT2D eigenvalue weighted by molar-refractivity contribution is 6.37. The maximum Gasteiger partial charge on any atom is 0.405 e. The molecule has 1 aromatic carbocycles. The third-order valence-corrected chi connectivity index (χ3v) is 6.15. The van der Waals surface area contributed by atoms with Crippen molar-refractivity contribution in [3.05, 3.63) is 35.9 Å². The topological polar surface area (TPSA) is 171 Å². The number of benzene rings is 1. The Morgan fingerprint density at radius 1 is 1.17 bits per heavy atom. The van der Waals surface area contributed by atoms with E-state index in [9.17, 15) is 24.0 Å². The molecule has 1 fully saturated rings. The van der Waals surface area contributed by atoms with Gasteiger partial charge < -0.3 is 26.8 Å². The van der Waals surface area contributed by atoms with Crippen LogP contribution in [0.2, 0.25) is 0 Å². The summed E-state index contributed by atoms with van der Waals surface area (Å²) in [6.07, 6.45) is -0.309. The first kappa shape index (κ1) is 27.8. The van der Waals surface area contributed by atoms with Gasteiger partial charge in [0, 0.05) is 12.5 Å². The standard InChI is InChI=1S/C25H36N4O6/c1-15(13-25(2,3)14-16-7-5-4-6-8-16)11-19(35-24(27)34)23(33)29-18(20(30)21(26)31)12-17-9-10-28-22(17)32/h4-8,15,17-19H,9-14H2,1-3H3,(H2,26,31)(H2,27,34)(H,28,32)(H,29,33)/t15-,17+,18+,19?/m1/s1. The van der Waals surface area contributed by atoms with Crippen LogP contribution in [0, 0.1) is 17.3 Å². The van der Waals surface area contributed by atoms with E-state index in [4.69, 9.17) is 16.2 Å². The molecule has 4 atom stereocenters. The lowest BCUT2D eigenvalue weighted by Crippen LogP contribution is -2.51. The van der Waals surface area contributed by atoms with Gasteiger partial charge in [-0.25, -0.2) is 4.79 Å². The molecule has 0 radical (unpaired) electrons. The smallest absolute Gasteiger partial charge is 0.405 e. The van der Waals surface area contributed by atoms with Crippen LogP contribution in [0.3, 0.4) is 0 Å². The first-order valence-corrected chi connectivity index (χ1v) is 11.8. The van der Waals surface area contributed by atoms with E-state index in [0.717, 1.165) is 12.8 Å². The predicted molar refractivity (Wildman–Crippen MR) is 129 cm³/mol. The van der Waals surface area contributed by atoms with Crippen LogP contribution in [-0.2, 0) is 30.3 Å². The zero-order chi connectivity index (χ0) is 26.2. The Hall–Kier alpha value is -3.43. The number of amides is 4. The molecule has 1 aliphatic rings. The Balaban J connectivity index is 2.08. The molecule has 0 bridgehead atoms. The lowest BCUT2D eigenvalue weighted by atomic mass is 9.77. The van der Waals surface area contributed by atoms with E-state index in [1.165, 1.54) is 5.56 Å². The number of nitrogens with one attached hydrogen (secondary N) is 2. The average molecular weight is 489 g/mol. The van der Waals surface area contributed by atoms with Gasteiger partial charge in [0.15, 0.2) is 6.10 Å². The van der Waals surface area contributed by atoms with Crippen molar-refractivity contribution in [1.82, 2.24) is 10.6 Å². The summed E-state index contributed by atoms with van der Waals surface area (Å²) in [5.41, 5.74) is 11.4. The normalized spacial score (nSPS) is 18.1. The number of nitrogens with two attached hydrogens (primary N) is 2. The summed E-state index contributed by atoms with van der Waals surface area (Å²) in [6.45, 7) is 6.62. The van der Waals surface area contributed by atoms with E-state index < -0.39 is 41.8 Å². The molecular formula is C25H36N4O6. The molecule has 2 rings (SSSR count). The number of ether oxygens (including phenoxy) is 1. The second kappa shape index (κ2) is 12.3. The van der Waals surface area contributed by atoms with Gasteiger partial charge >= 0.3 is 6.09 Å². The van der Waals surface area contributed by atoms with Crippen molar-refractivity contribution in [2.45, 2.75) is 65.0 Å². The predicted octanol–water partition coefficient (Wildman–Crippen LogP) is 1.20. The SMILES string of the molecule is C[C@H](CC(OC(N)=O)C(=O)N[C@@H](C[C@@H]1CCNC1=O)C(=O)C(N)=O)CC(C)(C)Cc1ccccc1. The summed E-state index contributed by atoms with van der Waals surface area (Å²) in [5.74, 6) is -3.87. The number of hydrogen-bond donors (Lipinski definition) is 4. The molecule has 0 spiro atoms. The van der Waals surface area contributed by atoms with Gasteiger partial charge in [-0.05, 0) is 49.0 Å². The van der Waals surface area contributed by atoms with Gasteiger partial charge in [0.05, 0.1) is 6.04 Å². The summed E-state index contributed by atoms with van der Waals surface area (Å²) in [6, 6.07) is 8.72. The van der Waals surface area contributed by atoms with Crippen LogP contribution >= 0.6 is 0 Å². The second-order valence-electron chi connectivity index (χ2n) is 10.1. The third kappa shape index (κ3) is 9.03. The molecule has 1 aliphatic heterocycles. The Kier molecular flexibility index (Phi) is 9.79. The molecule has 1 heterocycles. The van der Waals surface area contributed by atoms with Crippen molar-refractivity contribution >= 4 is 29.6 Å². The van der Waals surface area contributed by atoms with Crippen LogP contribution in [0.15, 0.2) is 30.3 Å². The van der Waals surface area contributed by atoms with Crippen molar-refractivity contribution in [3.8, 4) is 0 Å². The molecule has 0 saturated carbocycles. The van der Waals surface area contributed by atoms with Gasteiger partial charge in [-0.1, -0.05) is 51.1 Å². The fraction of sp³-hybridized carbons (Fsp3) is 0.560. The van der Waals surface area contributed by atoms with Crippen molar-refractivity contribution in [3.63, 3.8) is 0 Å². The Bertz CT molecular complexity index is 933. The minimum atomic E-state index is -1.31. The lowest BCUT2D eigenvalue weighted by Gasteiger charge is -2.30. The van der Waals surface area contributed by atoms with Crippen molar-refractivity contribution in [2.24, 2.45) is 28.7 Å². The monoisotopic (exact) mass is 488 g/mol. The van der Waals surface area contributed by atoms with Gasteiger partial charge in [-0.3, -0.25) is 19.2 Å². The number of Topliss-reactive ketones (excluding diaryl/α,β-unsaturated/α-hetero) is 1. The molecule has 192 valence electrons. The molecule has 0 aromatic heterocycles. The van der Waals surface area contributed by atoms with E-state index in [2.05, 4.69) is 36.6 Å². The van der Waals surface area contributed by atoms with Crippen LogP contribution < -0.4 is 22.1 Å². The van der Waals surface area contributed by atoms with Crippen LogP contribution in [0.1, 0.15) is 52.0 Å². The van der Waals surface area contributed by atoms with Crippen LogP contribution in [-0.4, -0.2) is 48.3 Å². The zero-order valence-electron chi connectivity index (χ0n) is 20.5. The van der Waals surface area contributed by atoms with Gasteiger partial charge in [-0.2, -0.15) is 0 Å². The van der Waals surface area contributed by atoms with E-state index in [1.54, 1.807) is 0 Å². The molecule has 4 amide bonds. The molecule has 6 N–H and O–H groups in total. The van der Waals surface area contributed by atoms with Gasteiger partial charge in [-0.15, -0.1) is 0 Å². The minimum absolute atomic E-state index is 0.0466. The zero-order valence-corrected chi connectivity index (χ0v) is 20.5. The van der Waals surface area contributed by atoms with Gasteiger partial charge in [0.25, 0.3) is 11.8 Å². The van der Waals surface area contributed by atoms with Crippen molar-refractivity contribution in [1.29, 1.82) is 0 Å². The van der Waals surface area contributed by atoms with Gasteiger partial charge in [0.1, 0.15) is 0 Å². The maximum atomic E-state index is 13.0. The molecule has 0 aliphatic carbocycles. The summed E-state index contributed by atoms with van der Waals surface area (Å²) < 4.78 is 5.07. The number of hydrogen-bond acceptors (Lipinski definition) is 6. The number of primary amides is 2. The number of carbonyl (C=O) groups is 5. The highest BCUT2D eigenvalue weighted by atomic mass is 16.6. The fourth-order valence-electron chi connectivity index (χ4n) is 4.78. The number of rotatable bonds is 13. The van der Waals surface area contributed by atoms with E-state index in [-0.39, 0.29) is 30.1 Å². The first-order valence-electron chi connectivity index (χ1n) is 11.8. The summed E-state index contributed by atoms with van der Waals surface area (Å²) in [5, 5.41) is 5.10. The summed E-state index contributed by atoms with van der Waals surface area (Å²) >= 11 is 0. The molecular weight excluding hydrogens is 452 g/mol. The molecule has 1 unspecified atom stereocenters. The highest BCUT2D eigenvalue weighted by Crippen LogP contribution is 2.32. The lowest BCUT2D eigenvalue weighted by molar-refractivity contribution is -0.140. The van der Waals surface area contributed by atoms with Crippen molar-refractivity contribution < 1.29 is 28.7 Å². The molecule has 35 heavy (non-hydrogen) atoms. The van der Waals surface area contributed by atoms with E-state index in [1.807, 2.05) is 25.1 Å². The first-order chi connectivity index (χ1) is 16.4. The third-order valence-electron chi connectivity index (χ3n) is 6.15.